The molecule has 0 bridgehead atoms. The van der Waals surface area contributed by atoms with E-state index in [4.69, 9.17) is 4.74 Å². The summed E-state index contributed by atoms with van der Waals surface area (Å²) in [4.78, 5) is 16.2. The van der Waals surface area contributed by atoms with Crippen LogP contribution in [0.3, 0.4) is 0 Å². The van der Waals surface area contributed by atoms with Crippen LogP contribution in [0.1, 0.15) is 28.4 Å². The molecule has 1 aromatic carbocycles. The second-order valence-corrected chi connectivity index (χ2v) is 6.43. The van der Waals surface area contributed by atoms with E-state index in [1.165, 1.54) is 11.1 Å². The molecule has 0 saturated carbocycles. The summed E-state index contributed by atoms with van der Waals surface area (Å²) in [6.45, 7) is 2.77. The molecular formula is C17H17BrN2O2. The summed E-state index contributed by atoms with van der Waals surface area (Å²) in [7, 11) is 0. The molecule has 1 atom stereocenters. The number of hydrogen-bond donors (Lipinski definition) is 1. The number of benzene rings is 1. The van der Waals surface area contributed by atoms with E-state index in [0.29, 0.717) is 5.56 Å². The van der Waals surface area contributed by atoms with Crippen molar-refractivity contribution in [2.45, 2.75) is 25.8 Å². The first-order valence-corrected chi connectivity index (χ1v) is 8.07. The molecule has 1 unspecified atom stereocenters. The number of ether oxygens (including phenoxy) is 1. The number of carbonyl (C=O) groups excluding carboxylic acids is 1. The van der Waals surface area contributed by atoms with Gasteiger partial charge in [-0.2, -0.15) is 0 Å². The van der Waals surface area contributed by atoms with E-state index in [0.717, 1.165) is 29.7 Å². The number of fused-ring (bicyclic) bond motifs is 1. The zero-order valence-corrected chi connectivity index (χ0v) is 13.9. The first-order valence-electron chi connectivity index (χ1n) is 7.28. The van der Waals surface area contributed by atoms with Crippen molar-refractivity contribution in [3.63, 3.8) is 0 Å². The van der Waals surface area contributed by atoms with E-state index in [1.807, 2.05) is 13.0 Å². The van der Waals surface area contributed by atoms with Gasteiger partial charge < -0.3 is 10.1 Å². The maximum atomic E-state index is 12.2. The van der Waals surface area contributed by atoms with Gasteiger partial charge in [-0.15, -0.1) is 0 Å². The van der Waals surface area contributed by atoms with Gasteiger partial charge in [0, 0.05) is 29.3 Å². The summed E-state index contributed by atoms with van der Waals surface area (Å²) in [5.41, 5.74) is 3.03. The van der Waals surface area contributed by atoms with Crippen LogP contribution >= 0.6 is 15.9 Å². The van der Waals surface area contributed by atoms with Gasteiger partial charge >= 0.3 is 0 Å². The smallest absolute Gasteiger partial charge is 0.253 e. The minimum atomic E-state index is -0.106. The lowest BCUT2D eigenvalue weighted by Gasteiger charge is -2.14. The number of nitrogens with one attached hydrogen (secondary N) is 1. The second kappa shape index (κ2) is 6.48. The van der Waals surface area contributed by atoms with Gasteiger partial charge in [0.15, 0.2) is 0 Å². The van der Waals surface area contributed by atoms with Crippen LogP contribution in [0.2, 0.25) is 0 Å². The van der Waals surface area contributed by atoms with Gasteiger partial charge in [0.2, 0.25) is 0 Å². The molecule has 1 aliphatic heterocycles. The first-order chi connectivity index (χ1) is 10.6. The summed E-state index contributed by atoms with van der Waals surface area (Å²) >= 11 is 3.32. The Morgan fingerprint density at radius 2 is 2.27 bits per heavy atom. The summed E-state index contributed by atoms with van der Waals surface area (Å²) < 4.78 is 6.31. The lowest BCUT2D eigenvalue weighted by molar-refractivity contribution is 0.0939. The fourth-order valence-corrected chi connectivity index (χ4v) is 2.98. The first kappa shape index (κ1) is 15.0. The van der Waals surface area contributed by atoms with E-state index in [2.05, 4.69) is 38.4 Å². The van der Waals surface area contributed by atoms with Crippen LogP contribution in [0, 0.1) is 0 Å². The number of nitrogens with zero attached hydrogens (tertiary/aromatic N) is 1. The van der Waals surface area contributed by atoms with Crippen LogP contribution in [0.15, 0.2) is 41.1 Å². The summed E-state index contributed by atoms with van der Waals surface area (Å²) in [5, 5.41) is 3.01. The molecule has 2 heterocycles. The van der Waals surface area contributed by atoms with Crippen LogP contribution in [-0.4, -0.2) is 23.5 Å². The number of aromatic nitrogens is 1. The number of carbonyl (C=O) groups is 1. The van der Waals surface area contributed by atoms with Crippen LogP contribution < -0.4 is 10.1 Å². The number of hydrogen-bond acceptors (Lipinski definition) is 3. The van der Waals surface area contributed by atoms with E-state index >= 15 is 0 Å². The Kier molecular flexibility index (Phi) is 4.43. The topological polar surface area (TPSA) is 51.2 Å². The quantitative estimate of drug-likeness (QED) is 0.910. The third-order valence-electron chi connectivity index (χ3n) is 3.64. The largest absolute Gasteiger partial charge is 0.493 e. The molecule has 0 saturated heterocycles. The van der Waals surface area contributed by atoms with E-state index in [1.54, 1.807) is 18.5 Å². The highest BCUT2D eigenvalue weighted by Crippen LogP contribution is 2.26. The molecule has 1 amide bonds. The lowest BCUT2D eigenvalue weighted by atomic mass is 10.0. The van der Waals surface area contributed by atoms with Gasteiger partial charge in [-0.05, 0) is 52.5 Å². The van der Waals surface area contributed by atoms with E-state index in [9.17, 15) is 4.79 Å². The minimum absolute atomic E-state index is 0.0480. The minimum Gasteiger partial charge on any atom is -0.493 e. The SMILES string of the molecule is CC(Cc1ccc2c(c1)CCO2)NC(=O)c1cncc(Br)c1. The molecule has 1 aliphatic rings. The van der Waals surface area contributed by atoms with Crippen molar-refractivity contribution in [2.75, 3.05) is 6.61 Å². The van der Waals surface area contributed by atoms with Crippen molar-refractivity contribution in [2.24, 2.45) is 0 Å². The van der Waals surface area contributed by atoms with Crippen molar-refractivity contribution in [3.8, 4) is 5.75 Å². The summed E-state index contributed by atoms with van der Waals surface area (Å²) in [6, 6.07) is 8.07. The monoisotopic (exact) mass is 360 g/mol. The van der Waals surface area contributed by atoms with Gasteiger partial charge in [-0.1, -0.05) is 12.1 Å². The van der Waals surface area contributed by atoms with Gasteiger partial charge in [-0.25, -0.2) is 0 Å². The van der Waals surface area contributed by atoms with Gasteiger partial charge in [0.25, 0.3) is 5.91 Å². The highest BCUT2D eigenvalue weighted by Gasteiger charge is 2.15. The Labute approximate surface area is 138 Å². The molecule has 0 radical (unpaired) electrons. The fourth-order valence-electron chi connectivity index (χ4n) is 2.61. The summed E-state index contributed by atoms with van der Waals surface area (Å²) in [6.07, 6.45) is 4.99. The van der Waals surface area contributed by atoms with Gasteiger partial charge in [0.05, 0.1) is 12.2 Å². The van der Waals surface area contributed by atoms with Crippen LogP contribution in [0.4, 0.5) is 0 Å². The Morgan fingerprint density at radius 1 is 1.41 bits per heavy atom. The standard InChI is InChI=1S/C17H17BrN2O2/c1-11(20-17(21)14-8-15(18)10-19-9-14)6-12-2-3-16-13(7-12)4-5-22-16/h2-3,7-11H,4-6H2,1H3,(H,20,21). The molecule has 3 rings (SSSR count). The zero-order chi connectivity index (χ0) is 15.5. The fraction of sp³-hybridized carbons (Fsp3) is 0.294. The predicted octanol–water partition coefficient (Wildman–Crippen LogP) is 3.14. The third-order valence-corrected chi connectivity index (χ3v) is 4.07. The highest BCUT2D eigenvalue weighted by molar-refractivity contribution is 9.10. The predicted molar refractivity (Wildman–Crippen MR) is 88.2 cm³/mol. The molecule has 114 valence electrons. The van der Waals surface area contributed by atoms with Crippen LogP contribution in [0.5, 0.6) is 5.75 Å². The molecule has 0 fully saturated rings. The number of amides is 1. The molecule has 1 N–H and O–H groups in total. The lowest BCUT2D eigenvalue weighted by Crippen LogP contribution is -2.34. The number of halogens is 1. The Morgan fingerprint density at radius 3 is 3.09 bits per heavy atom. The maximum absolute atomic E-state index is 12.2. The summed E-state index contributed by atoms with van der Waals surface area (Å²) in [5.74, 6) is 0.881. The Hall–Kier alpha value is -1.88. The van der Waals surface area contributed by atoms with E-state index in [-0.39, 0.29) is 11.9 Å². The molecule has 0 aliphatic carbocycles. The molecule has 4 nitrogen and oxygen atoms in total. The van der Waals surface area contributed by atoms with Crippen LogP contribution in [0.25, 0.3) is 0 Å². The third kappa shape index (κ3) is 3.47. The van der Waals surface area contributed by atoms with Crippen molar-refractivity contribution in [3.05, 3.63) is 57.8 Å². The van der Waals surface area contributed by atoms with Crippen LogP contribution in [-0.2, 0) is 12.8 Å². The van der Waals surface area contributed by atoms with Crippen molar-refractivity contribution >= 4 is 21.8 Å². The maximum Gasteiger partial charge on any atom is 0.253 e. The normalized spacial score (nSPS) is 14.1. The van der Waals surface area contributed by atoms with E-state index < -0.39 is 0 Å². The van der Waals surface area contributed by atoms with Crippen molar-refractivity contribution in [1.82, 2.24) is 10.3 Å². The average Bonchev–Trinajstić information content (AvgIpc) is 2.94. The second-order valence-electron chi connectivity index (χ2n) is 5.51. The molecule has 0 spiro atoms. The molecule has 22 heavy (non-hydrogen) atoms. The molecule has 2 aromatic rings. The molecular weight excluding hydrogens is 344 g/mol. The molecule has 1 aromatic heterocycles. The molecule has 5 heteroatoms. The van der Waals surface area contributed by atoms with Gasteiger partial charge in [0.1, 0.15) is 5.75 Å². The zero-order valence-electron chi connectivity index (χ0n) is 12.3. The van der Waals surface area contributed by atoms with Crippen molar-refractivity contribution < 1.29 is 9.53 Å². The average molecular weight is 361 g/mol. The number of pyridine rings is 1. The highest BCUT2D eigenvalue weighted by atomic mass is 79.9. The van der Waals surface area contributed by atoms with Gasteiger partial charge in [-0.3, -0.25) is 9.78 Å². The Balaban J connectivity index is 1.62. The Bertz CT molecular complexity index is 703. The number of rotatable bonds is 4. The van der Waals surface area contributed by atoms with Crippen molar-refractivity contribution in [1.29, 1.82) is 0 Å².